The van der Waals surface area contributed by atoms with Crippen LogP contribution in [0.5, 0.6) is 0 Å². The van der Waals surface area contributed by atoms with E-state index in [1.54, 1.807) is 0 Å². The van der Waals surface area contributed by atoms with E-state index in [2.05, 4.69) is 16.8 Å². The average molecular weight is 272 g/mol. The molecule has 0 aromatic rings. The van der Waals surface area contributed by atoms with E-state index in [9.17, 15) is 8.42 Å². The third-order valence-corrected chi connectivity index (χ3v) is 6.16. The van der Waals surface area contributed by atoms with Crippen molar-refractivity contribution in [3.05, 3.63) is 12.2 Å². The molecule has 0 bridgehead atoms. The topological polar surface area (TPSA) is 49.4 Å². The fraction of sp³-hybridized carbons (Fsp3) is 0.846. The predicted octanol–water partition coefficient (Wildman–Crippen LogP) is 0.805. The summed E-state index contributed by atoms with van der Waals surface area (Å²) >= 11 is 0. The minimum Gasteiger partial charge on any atom is -0.314 e. The lowest BCUT2D eigenvalue weighted by Gasteiger charge is -2.29. The molecule has 5 heteroatoms. The predicted molar refractivity (Wildman–Crippen MR) is 74.5 cm³/mol. The van der Waals surface area contributed by atoms with Crippen molar-refractivity contribution in [2.75, 3.05) is 38.5 Å². The van der Waals surface area contributed by atoms with Crippen LogP contribution in [-0.2, 0) is 9.84 Å². The van der Waals surface area contributed by atoms with Crippen molar-refractivity contribution in [1.29, 1.82) is 0 Å². The van der Waals surface area contributed by atoms with Gasteiger partial charge in [-0.1, -0.05) is 18.6 Å². The summed E-state index contributed by atoms with van der Waals surface area (Å²) in [6.07, 6.45) is 3.36. The summed E-state index contributed by atoms with van der Waals surface area (Å²) in [5, 5.41) is 3.15. The number of sulfone groups is 1. The number of hydrogen-bond acceptors (Lipinski definition) is 4. The van der Waals surface area contributed by atoms with Crippen molar-refractivity contribution in [3.8, 4) is 0 Å². The first kappa shape index (κ1) is 14.0. The quantitative estimate of drug-likeness (QED) is 0.769. The van der Waals surface area contributed by atoms with Crippen LogP contribution >= 0.6 is 0 Å². The van der Waals surface area contributed by atoms with Gasteiger partial charge in [0, 0.05) is 32.7 Å². The van der Waals surface area contributed by atoms with E-state index in [4.69, 9.17) is 0 Å². The molecular formula is C13H24N2O2S. The standard InChI is InChI=1S/C13H24N2O2S/c1-12(11-15-7-5-14-6-8-15)10-13-4-2-3-9-18(13,16)17/h13-14H,1-11H2. The van der Waals surface area contributed by atoms with E-state index in [0.717, 1.165) is 57.6 Å². The molecule has 2 heterocycles. The van der Waals surface area contributed by atoms with Gasteiger partial charge in [-0.25, -0.2) is 8.42 Å². The molecule has 2 rings (SSSR count). The maximum Gasteiger partial charge on any atom is 0.153 e. The van der Waals surface area contributed by atoms with Crippen LogP contribution in [0.1, 0.15) is 25.7 Å². The molecule has 104 valence electrons. The van der Waals surface area contributed by atoms with Gasteiger partial charge in [0.05, 0.1) is 11.0 Å². The molecule has 2 aliphatic heterocycles. The van der Waals surface area contributed by atoms with Crippen LogP contribution in [0.25, 0.3) is 0 Å². The van der Waals surface area contributed by atoms with Gasteiger partial charge in [0.25, 0.3) is 0 Å². The van der Waals surface area contributed by atoms with Crippen molar-refractivity contribution in [2.24, 2.45) is 0 Å². The zero-order valence-electron chi connectivity index (χ0n) is 11.0. The Hall–Kier alpha value is -0.390. The second-order valence-corrected chi connectivity index (χ2v) is 7.87. The Bertz CT molecular complexity index is 386. The van der Waals surface area contributed by atoms with Gasteiger partial charge in [0.15, 0.2) is 9.84 Å². The molecule has 18 heavy (non-hydrogen) atoms. The molecule has 0 amide bonds. The first-order valence-corrected chi connectivity index (χ1v) is 8.61. The van der Waals surface area contributed by atoms with E-state index in [0.29, 0.717) is 12.2 Å². The summed E-state index contributed by atoms with van der Waals surface area (Å²) in [5.41, 5.74) is 1.08. The number of hydrogen-bond donors (Lipinski definition) is 1. The van der Waals surface area contributed by atoms with Crippen LogP contribution in [0, 0.1) is 0 Å². The van der Waals surface area contributed by atoms with E-state index >= 15 is 0 Å². The lowest BCUT2D eigenvalue weighted by atomic mass is 10.1. The molecular weight excluding hydrogens is 248 g/mol. The normalized spacial score (nSPS) is 29.0. The Morgan fingerprint density at radius 1 is 1.28 bits per heavy atom. The minimum absolute atomic E-state index is 0.165. The molecule has 1 N–H and O–H groups in total. The molecule has 2 saturated heterocycles. The molecule has 0 radical (unpaired) electrons. The van der Waals surface area contributed by atoms with Gasteiger partial charge in [-0.15, -0.1) is 0 Å². The van der Waals surface area contributed by atoms with Crippen molar-refractivity contribution in [2.45, 2.75) is 30.9 Å². The van der Waals surface area contributed by atoms with Crippen molar-refractivity contribution >= 4 is 9.84 Å². The molecule has 1 unspecified atom stereocenters. The fourth-order valence-corrected chi connectivity index (χ4v) is 4.78. The summed E-state index contributed by atoms with van der Waals surface area (Å²) in [6, 6.07) is 0. The van der Waals surface area contributed by atoms with Crippen molar-refractivity contribution in [1.82, 2.24) is 10.2 Å². The maximum atomic E-state index is 11.9. The van der Waals surface area contributed by atoms with E-state index in [1.165, 1.54) is 0 Å². The van der Waals surface area contributed by atoms with Crippen molar-refractivity contribution in [3.63, 3.8) is 0 Å². The summed E-state index contributed by atoms with van der Waals surface area (Å²) < 4.78 is 23.9. The lowest BCUT2D eigenvalue weighted by molar-refractivity contribution is 0.257. The smallest absolute Gasteiger partial charge is 0.153 e. The van der Waals surface area contributed by atoms with Crippen molar-refractivity contribution < 1.29 is 8.42 Å². The Balaban J connectivity index is 1.82. The van der Waals surface area contributed by atoms with E-state index < -0.39 is 9.84 Å². The van der Waals surface area contributed by atoms with Crippen LogP contribution in [0.2, 0.25) is 0 Å². The highest BCUT2D eigenvalue weighted by atomic mass is 32.2. The number of piperazine rings is 1. The molecule has 1 atom stereocenters. The van der Waals surface area contributed by atoms with Gasteiger partial charge in [-0.05, 0) is 19.3 Å². The molecule has 0 aliphatic carbocycles. The van der Waals surface area contributed by atoms with Gasteiger partial charge < -0.3 is 5.32 Å². The summed E-state index contributed by atoms with van der Waals surface area (Å²) in [6.45, 7) is 9.06. The second-order valence-electron chi connectivity index (χ2n) is 5.47. The summed E-state index contributed by atoms with van der Waals surface area (Å²) in [5.74, 6) is 0.374. The van der Waals surface area contributed by atoms with Gasteiger partial charge in [-0.3, -0.25) is 4.90 Å². The molecule has 0 spiro atoms. The SMILES string of the molecule is C=C(CC1CCCCS1(=O)=O)CN1CCNCC1. The van der Waals surface area contributed by atoms with Crippen LogP contribution in [0.3, 0.4) is 0 Å². The Kier molecular flexibility index (Phi) is 4.81. The van der Waals surface area contributed by atoms with Crippen LogP contribution in [-0.4, -0.2) is 57.0 Å². The molecule has 2 aliphatic rings. The highest BCUT2D eigenvalue weighted by Gasteiger charge is 2.29. The molecule has 4 nitrogen and oxygen atoms in total. The largest absolute Gasteiger partial charge is 0.314 e. The summed E-state index contributed by atoms with van der Waals surface area (Å²) in [7, 11) is -2.85. The van der Waals surface area contributed by atoms with Crippen LogP contribution < -0.4 is 5.32 Å². The zero-order chi connectivity index (χ0) is 13.0. The third kappa shape index (κ3) is 3.80. The Morgan fingerprint density at radius 3 is 2.67 bits per heavy atom. The lowest BCUT2D eigenvalue weighted by Crippen LogP contribution is -2.44. The van der Waals surface area contributed by atoms with Crippen LogP contribution in [0.4, 0.5) is 0 Å². The second kappa shape index (κ2) is 6.17. The van der Waals surface area contributed by atoms with Gasteiger partial charge in [0.2, 0.25) is 0 Å². The van der Waals surface area contributed by atoms with E-state index in [-0.39, 0.29) is 5.25 Å². The zero-order valence-corrected chi connectivity index (χ0v) is 11.8. The van der Waals surface area contributed by atoms with Crippen LogP contribution in [0.15, 0.2) is 12.2 Å². The monoisotopic (exact) mass is 272 g/mol. The average Bonchev–Trinajstić information content (AvgIpc) is 2.33. The molecule has 0 saturated carbocycles. The first-order valence-electron chi connectivity index (χ1n) is 6.89. The van der Waals surface area contributed by atoms with Gasteiger partial charge in [-0.2, -0.15) is 0 Å². The first-order chi connectivity index (χ1) is 8.58. The fourth-order valence-electron chi connectivity index (χ4n) is 2.82. The van der Waals surface area contributed by atoms with E-state index in [1.807, 2.05) is 0 Å². The Morgan fingerprint density at radius 2 is 2.00 bits per heavy atom. The number of nitrogens with one attached hydrogen (secondary N) is 1. The van der Waals surface area contributed by atoms with Gasteiger partial charge in [0.1, 0.15) is 0 Å². The Labute approximate surface area is 110 Å². The minimum atomic E-state index is -2.85. The number of rotatable bonds is 4. The molecule has 0 aromatic carbocycles. The number of nitrogens with zero attached hydrogens (tertiary/aromatic N) is 1. The highest BCUT2D eigenvalue weighted by molar-refractivity contribution is 7.92. The highest BCUT2D eigenvalue weighted by Crippen LogP contribution is 2.24. The molecule has 0 aromatic heterocycles. The summed E-state index contributed by atoms with van der Waals surface area (Å²) in [4.78, 5) is 2.36. The molecule has 2 fully saturated rings. The maximum absolute atomic E-state index is 11.9. The van der Waals surface area contributed by atoms with Gasteiger partial charge >= 0.3 is 0 Å². The third-order valence-electron chi connectivity index (χ3n) is 3.89.